The molecule has 0 saturated carbocycles. The Morgan fingerprint density at radius 3 is 2.95 bits per heavy atom. The summed E-state index contributed by atoms with van der Waals surface area (Å²) in [6.07, 6.45) is 1.99. The van der Waals surface area contributed by atoms with Gasteiger partial charge in [0.1, 0.15) is 6.61 Å². The lowest BCUT2D eigenvalue weighted by Crippen LogP contribution is -2.35. The summed E-state index contributed by atoms with van der Waals surface area (Å²) >= 11 is 0. The molecule has 2 rings (SSSR count). The molecule has 1 aromatic rings. The molecule has 19 heavy (non-hydrogen) atoms. The van der Waals surface area contributed by atoms with Gasteiger partial charge in [-0.05, 0) is 38.3 Å². The van der Waals surface area contributed by atoms with Crippen molar-refractivity contribution >= 4 is 5.97 Å². The molecule has 0 spiro atoms. The number of hydrogen-bond acceptors (Lipinski definition) is 4. The largest absolute Gasteiger partial charge is 0.459 e. The van der Waals surface area contributed by atoms with Crippen LogP contribution in [0.3, 0.4) is 0 Å². The number of aliphatic hydroxyl groups is 1. The number of esters is 1. The van der Waals surface area contributed by atoms with E-state index < -0.39 is 11.7 Å². The van der Waals surface area contributed by atoms with Crippen LogP contribution in [0.2, 0.25) is 0 Å². The normalized spacial score (nSPS) is 27.6. The standard InChI is InChI=1S/C15H20O4/c1-15(9-5-8-13(16)10-19-15)11-18-14(17)12-6-3-2-4-7-12/h2-4,6-7,13,16H,5,8-11H2,1H3/t13?,15-/m0/s1. The lowest BCUT2D eigenvalue weighted by atomic mass is 10.0. The molecule has 1 heterocycles. The highest BCUT2D eigenvalue weighted by Crippen LogP contribution is 2.24. The molecule has 0 aliphatic carbocycles. The summed E-state index contributed by atoms with van der Waals surface area (Å²) in [5.74, 6) is -0.338. The van der Waals surface area contributed by atoms with Crippen molar-refractivity contribution < 1.29 is 19.4 Å². The molecule has 0 amide bonds. The van der Waals surface area contributed by atoms with E-state index in [1.807, 2.05) is 13.0 Å². The minimum absolute atomic E-state index is 0.216. The van der Waals surface area contributed by atoms with Crippen LogP contribution in [0.4, 0.5) is 0 Å². The summed E-state index contributed by atoms with van der Waals surface area (Å²) in [6.45, 7) is 2.44. The van der Waals surface area contributed by atoms with Crippen molar-refractivity contribution in [2.24, 2.45) is 0 Å². The van der Waals surface area contributed by atoms with Gasteiger partial charge in [-0.1, -0.05) is 18.2 Å². The maximum atomic E-state index is 11.9. The minimum atomic E-state index is -0.498. The quantitative estimate of drug-likeness (QED) is 0.850. The number of carbonyl (C=O) groups is 1. The number of aliphatic hydroxyl groups excluding tert-OH is 1. The molecule has 104 valence electrons. The van der Waals surface area contributed by atoms with Gasteiger partial charge >= 0.3 is 5.97 Å². The molecule has 0 aromatic heterocycles. The molecule has 4 heteroatoms. The summed E-state index contributed by atoms with van der Waals surface area (Å²) in [6, 6.07) is 8.91. The van der Waals surface area contributed by atoms with Crippen molar-refractivity contribution in [1.29, 1.82) is 0 Å². The first kappa shape index (κ1) is 14.0. The fourth-order valence-corrected chi connectivity index (χ4v) is 2.15. The van der Waals surface area contributed by atoms with Crippen molar-refractivity contribution in [3.63, 3.8) is 0 Å². The van der Waals surface area contributed by atoms with Crippen LogP contribution in [0, 0.1) is 0 Å². The topological polar surface area (TPSA) is 55.8 Å². The molecule has 1 aliphatic heterocycles. The third-order valence-electron chi connectivity index (χ3n) is 3.39. The van der Waals surface area contributed by atoms with E-state index in [9.17, 15) is 9.90 Å². The minimum Gasteiger partial charge on any atom is -0.459 e. The fourth-order valence-electron chi connectivity index (χ4n) is 2.15. The molecule has 1 saturated heterocycles. The Hall–Kier alpha value is -1.39. The molecule has 1 N–H and O–H groups in total. The summed E-state index contributed by atoms with van der Waals surface area (Å²) < 4.78 is 11.0. The van der Waals surface area contributed by atoms with E-state index in [0.717, 1.165) is 19.3 Å². The van der Waals surface area contributed by atoms with Crippen molar-refractivity contribution in [1.82, 2.24) is 0 Å². The van der Waals surface area contributed by atoms with E-state index in [-0.39, 0.29) is 12.6 Å². The van der Waals surface area contributed by atoms with Gasteiger partial charge in [-0.25, -0.2) is 4.79 Å². The van der Waals surface area contributed by atoms with Crippen molar-refractivity contribution in [3.05, 3.63) is 35.9 Å². The summed E-state index contributed by atoms with van der Waals surface area (Å²) in [5, 5.41) is 9.54. The smallest absolute Gasteiger partial charge is 0.338 e. The molecule has 1 unspecified atom stereocenters. The van der Waals surface area contributed by atoms with Gasteiger partial charge in [0.2, 0.25) is 0 Å². The maximum Gasteiger partial charge on any atom is 0.338 e. The van der Waals surface area contributed by atoms with Gasteiger partial charge in [-0.3, -0.25) is 0 Å². The highest BCUT2D eigenvalue weighted by Gasteiger charge is 2.30. The van der Waals surface area contributed by atoms with E-state index in [2.05, 4.69) is 0 Å². The average molecular weight is 264 g/mol. The number of benzene rings is 1. The highest BCUT2D eigenvalue weighted by atomic mass is 16.6. The van der Waals surface area contributed by atoms with Gasteiger partial charge in [-0.2, -0.15) is 0 Å². The first-order valence-electron chi connectivity index (χ1n) is 6.63. The first-order valence-corrected chi connectivity index (χ1v) is 6.63. The Kier molecular flexibility index (Phi) is 4.56. The van der Waals surface area contributed by atoms with E-state index in [4.69, 9.17) is 9.47 Å². The number of ether oxygens (including phenoxy) is 2. The van der Waals surface area contributed by atoms with Crippen molar-refractivity contribution in [3.8, 4) is 0 Å². The van der Waals surface area contributed by atoms with Crippen LogP contribution in [0.25, 0.3) is 0 Å². The second-order valence-corrected chi connectivity index (χ2v) is 5.25. The predicted octanol–water partition coefficient (Wildman–Crippen LogP) is 2.16. The second-order valence-electron chi connectivity index (χ2n) is 5.25. The SMILES string of the molecule is C[C@@]1(COC(=O)c2ccccc2)CCCC(O)CO1. The van der Waals surface area contributed by atoms with Crippen molar-refractivity contribution in [2.75, 3.05) is 13.2 Å². The summed E-state index contributed by atoms with van der Waals surface area (Å²) in [5.41, 5.74) is 0.0433. The molecule has 1 aliphatic rings. The van der Waals surface area contributed by atoms with Crippen LogP contribution in [0.15, 0.2) is 30.3 Å². The molecule has 1 aromatic carbocycles. The van der Waals surface area contributed by atoms with Gasteiger partial charge in [0.25, 0.3) is 0 Å². The Morgan fingerprint density at radius 1 is 1.47 bits per heavy atom. The van der Waals surface area contributed by atoms with E-state index >= 15 is 0 Å². The zero-order chi connectivity index (χ0) is 13.7. The van der Waals surface area contributed by atoms with Crippen LogP contribution in [-0.4, -0.2) is 36.0 Å². The Bertz CT molecular complexity index is 417. The van der Waals surface area contributed by atoms with Gasteiger partial charge < -0.3 is 14.6 Å². The third kappa shape index (κ3) is 4.04. The Balaban J connectivity index is 1.89. The molecule has 0 radical (unpaired) electrons. The third-order valence-corrected chi connectivity index (χ3v) is 3.39. The average Bonchev–Trinajstić information content (AvgIpc) is 2.60. The second kappa shape index (κ2) is 6.17. The number of hydrogen-bond donors (Lipinski definition) is 1. The van der Waals surface area contributed by atoms with Crippen LogP contribution >= 0.6 is 0 Å². The summed E-state index contributed by atoms with van der Waals surface area (Å²) in [4.78, 5) is 11.9. The van der Waals surface area contributed by atoms with Gasteiger partial charge in [0.15, 0.2) is 0 Å². The fraction of sp³-hybridized carbons (Fsp3) is 0.533. The number of rotatable bonds is 3. The first-order chi connectivity index (χ1) is 9.09. The van der Waals surface area contributed by atoms with Crippen LogP contribution in [0.1, 0.15) is 36.5 Å². The monoisotopic (exact) mass is 264 g/mol. The zero-order valence-electron chi connectivity index (χ0n) is 11.2. The number of carbonyl (C=O) groups excluding carboxylic acids is 1. The van der Waals surface area contributed by atoms with E-state index in [1.54, 1.807) is 24.3 Å². The Labute approximate surface area is 113 Å². The molecule has 0 bridgehead atoms. The maximum absolute atomic E-state index is 11.9. The lowest BCUT2D eigenvalue weighted by Gasteiger charge is -2.27. The van der Waals surface area contributed by atoms with Crippen LogP contribution < -0.4 is 0 Å². The lowest BCUT2D eigenvalue weighted by molar-refractivity contribution is -0.0890. The van der Waals surface area contributed by atoms with Gasteiger partial charge in [-0.15, -0.1) is 0 Å². The predicted molar refractivity (Wildman–Crippen MR) is 70.9 cm³/mol. The Morgan fingerprint density at radius 2 is 2.21 bits per heavy atom. The van der Waals surface area contributed by atoms with Gasteiger partial charge in [0, 0.05) is 0 Å². The summed E-state index contributed by atoms with van der Waals surface area (Å²) in [7, 11) is 0. The molecule has 1 fully saturated rings. The zero-order valence-corrected chi connectivity index (χ0v) is 11.2. The molecular weight excluding hydrogens is 244 g/mol. The molecule has 2 atom stereocenters. The van der Waals surface area contributed by atoms with Gasteiger partial charge in [0.05, 0.1) is 23.9 Å². The van der Waals surface area contributed by atoms with Crippen LogP contribution in [-0.2, 0) is 9.47 Å². The van der Waals surface area contributed by atoms with Crippen molar-refractivity contribution in [2.45, 2.75) is 37.9 Å². The van der Waals surface area contributed by atoms with E-state index in [1.165, 1.54) is 0 Å². The van der Waals surface area contributed by atoms with Crippen LogP contribution in [0.5, 0.6) is 0 Å². The molecular formula is C15H20O4. The molecule has 4 nitrogen and oxygen atoms in total. The highest BCUT2D eigenvalue weighted by molar-refractivity contribution is 5.89. The van der Waals surface area contributed by atoms with E-state index in [0.29, 0.717) is 12.2 Å².